The average molecular weight is 308 g/mol. The Morgan fingerprint density at radius 3 is 2.79 bits per heavy atom. The minimum atomic E-state index is -0.573. The number of anilines is 1. The first-order valence-electron chi connectivity index (χ1n) is 4.02. The molecule has 1 rings (SSSR count). The highest BCUT2D eigenvalue weighted by atomic mass is 127. The van der Waals surface area contributed by atoms with Crippen LogP contribution in [0.1, 0.15) is 6.92 Å². The summed E-state index contributed by atoms with van der Waals surface area (Å²) in [6.07, 6.45) is 0. The first-order valence-corrected chi connectivity index (χ1v) is 5.10. The second kappa shape index (κ2) is 4.70. The van der Waals surface area contributed by atoms with E-state index < -0.39 is 6.04 Å². The van der Waals surface area contributed by atoms with Crippen LogP contribution in [0.5, 0.6) is 0 Å². The van der Waals surface area contributed by atoms with Crippen molar-refractivity contribution in [3.8, 4) is 0 Å². The van der Waals surface area contributed by atoms with Gasteiger partial charge < -0.3 is 11.1 Å². The summed E-state index contributed by atoms with van der Waals surface area (Å²) in [5.41, 5.74) is 5.95. The standard InChI is InChI=1S/C9H10FIN2O/c1-5(12)9(14)13-8-3-2-6(10)4-7(8)11/h2-5H,12H2,1H3,(H,13,14). The van der Waals surface area contributed by atoms with Gasteiger partial charge in [0.05, 0.1) is 11.7 Å². The molecule has 0 heterocycles. The molecule has 0 radical (unpaired) electrons. The molecule has 1 atom stereocenters. The van der Waals surface area contributed by atoms with Gasteiger partial charge in [0.2, 0.25) is 5.91 Å². The van der Waals surface area contributed by atoms with Gasteiger partial charge in [-0.2, -0.15) is 0 Å². The van der Waals surface area contributed by atoms with Crippen molar-refractivity contribution in [1.29, 1.82) is 0 Å². The molecule has 0 fully saturated rings. The summed E-state index contributed by atoms with van der Waals surface area (Å²) in [6.45, 7) is 1.59. The monoisotopic (exact) mass is 308 g/mol. The van der Waals surface area contributed by atoms with Gasteiger partial charge in [0.15, 0.2) is 0 Å². The molecule has 1 aromatic carbocycles. The van der Waals surface area contributed by atoms with E-state index in [0.29, 0.717) is 9.26 Å². The zero-order valence-electron chi connectivity index (χ0n) is 7.55. The molecule has 0 aromatic heterocycles. The van der Waals surface area contributed by atoms with Gasteiger partial charge in [0.25, 0.3) is 0 Å². The van der Waals surface area contributed by atoms with Gasteiger partial charge in [0, 0.05) is 3.57 Å². The van der Waals surface area contributed by atoms with Gasteiger partial charge in [-0.15, -0.1) is 0 Å². The van der Waals surface area contributed by atoms with Crippen LogP contribution in [0.15, 0.2) is 18.2 Å². The van der Waals surface area contributed by atoms with Gasteiger partial charge in [0.1, 0.15) is 5.82 Å². The van der Waals surface area contributed by atoms with Crippen molar-refractivity contribution in [2.24, 2.45) is 5.73 Å². The smallest absolute Gasteiger partial charge is 0.241 e. The van der Waals surface area contributed by atoms with Crippen LogP contribution in [0, 0.1) is 9.39 Å². The molecule has 0 bridgehead atoms. The van der Waals surface area contributed by atoms with Crippen LogP contribution in [0.2, 0.25) is 0 Å². The molecule has 0 aliphatic heterocycles. The molecule has 3 nitrogen and oxygen atoms in total. The number of hydrogen-bond donors (Lipinski definition) is 2. The molecule has 14 heavy (non-hydrogen) atoms. The van der Waals surface area contributed by atoms with E-state index in [9.17, 15) is 9.18 Å². The van der Waals surface area contributed by atoms with Crippen LogP contribution >= 0.6 is 22.6 Å². The Morgan fingerprint density at radius 1 is 1.64 bits per heavy atom. The molecular weight excluding hydrogens is 298 g/mol. The molecule has 0 spiro atoms. The predicted octanol–water partition coefficient (Wildman–Crippen LogP) is 1.72. The third-order valence-corrected chi connectivity index (χ3v) is 2.50. The van der Waals surface area contributed by atoms with Crippen molar-refractivity contribution in [1.82, 2.24) is 0 Å². The molecule has 1 unspecified atom stereocenters. The quantitative estimate of drug-likeness (QED) is 0.817. The van der Waals surface area contributed by atoms with Crippen LogP contribution < -0.4 is 11.1 Å². The second-order valence-electron chi connectivity index (χ2n) is 2.90. The van der Waals surface area contributed by atoms with Gasteiger partial charge in [-0.3, -0.25) is 4.79 Å². The topological polar surface area (TPSA) is 55.1 Å². The molecule has 0 saturated carbocycles. The van der Waals surface area contributed by atoms with E-state index in [1.54, 1.807) is 6.92 Å². The van der Waals surface area contributed by atoms with E-state index in [0.717, 1.165) is 0 Å². The lowest BCUT2D eigenvalue weighted by atomic mass is 10.3. The van der Waals surface area contributed by atoms with Gasteiger partial charge in [-0.25, -0.2) is 4.39 Å². The van der Waals surface area contributed by atoms with Crippen LogP contribution in [-0.2, 0) is 4.79 Å². The Balaban J connectivity index is 2.82. The molecule has 5 heteroatoms. The number of halogens is 2. The molecular formula is C9H10FIN2O. The second-order valence-corrected chi connectivity index (χ2v) is 4.06. The summed E-state index contributed by atoms with van der Waals surface area (Å²) in [5.74, 6) is -0.609. The number of rotatable bonds is 2. The molecule has 0 aliphatic carbocycles. The van der Waals surface area contributed by atoms with Gasteiger partial charge in [-0.1, -0.05) is 0 Å². The normalized spacial score (nSPS) is 12.3. The average Bonchev–Trinajstić information content (AvgIpc) is 2.09. The van der Waals surface area contributed by atoms with Crippen molar-refractivity contribution in [2.45, 2.75) is 13.0 Å². The van der Waals surface area contributed by atoms with Crippen molar-refractivity contribution in [3.63, 3.8) is 0 Å². The first kappa shape index (κ1) is 11.4. The zero-order valence-corrected chi connectivity index (χ0v) is 9.71. The molecule has 1 aromatic rings. The zero-order chi connectivity index (χ0) is 10.7. The summed E-state index contributed by atoms with van der Waals surface area (Å²) in [6, 6.07) is 3.57. The van der Waals surface area contributed by atoms with Crippen molar-refractivity contribution in [2.75, 3.05) is 5.32 Å². The Bertz CT molecular complexity index is 355. The summed E-state index contributed by atoms with van der Waals surface area (Å²) < 4.78 is 13.4. The third-order valence-electron chi connectivity index (χ3n) is 1.60. The SMILES string of the molecule is CC(N)C(=O)Nc1ccc(F)cc1I. The molecule has 1 amide bonds. The first-order chi connectivity index (χ1) is 6.50. The fourth-order valence-electron chi connectivity index (χ4n) is 0.837. The number of nitrogens with one attached hydrogen (secondary N) is 1. The molecule has 0 aliphatic rings. The van der Waals surface area contributed by atoms with Crippen LogP contribution in [0.25, 0.3) is 0 Å². The van der Waals surface area contributed by atoms with E-state index in [4.69, 9.17) is 5.73 Å². The minimum absolute atomic E-state index is 0.283. The summed E-state index contributed by atoms with van der Waals surface area (Å²) >= 11 is 1.95. The van der Waals surface area contributed by atoms with Gasteiger partial charge in [-0.05, 0) is 47.7 Å². The summed E-state index contributed by atoms with van der Waals surface area (Å²) in [7, 11) is 0. The van der Waals surface area contributed by atoms with E-state index in [2.05, 4.69) is 5.32 Å². The maximum absolute atomic E-state index is 12.7. The summed E-state index contributed by atoms with van der Waals surface area (Å²) in [4.78, 5) is 11.2. The van der Waals surface area contributed by atoms with E-state index in [-0.39, 0.29) is 11.7 Å². The van der Waals surface area contributed by atoms with E-state index in [1.165, 1.54) is 18.2 Å². The maximum Gasteiger partial charge on any atom is 0.241 e. The minimum Gasteiger partial charge on any atom is -0.324 e. The van der Waals surface area contributed by atoms with Crippen LogP contribution in [0.3, 0.4) is 0 Å². The lowest BCUT2D eigenvalue weighted by Crippen LogP contribution is -2.32. The van der Waals surface area contributed by atoms with Crippen molar-refractivity contribution in [3.05, 3.63) is 27.6 Å². The summed E-state index contributed by atoms with van der Waals surface area (Å²) in [5, 5.41) is 2.60. The fraction of sp³-hybridized carbons (Fsp3) is 0.222. The van der Waals surface area contributed by atoms with Crippen LogP contribution in [-0.4, -0.2) is 11.9 Å². The predicted molar refractivity (Wildman–Crippen MR) is 61.4 cm³/mol. The number of amides is 1. The maximum atomic E-state index is 12.7. The lowest BCUT2D eigenvalue weighted by molar-refractivity contribution is -0.117. The molecule has 76 valence electrons. The van der Waals surface area contributed by atoms with E-state index in [1.807, 2.05) is 22.6 Å². The van der Waals surface area contributed by atoms with Crippen molar-refractivity contribution < 1.29 is 9.18 Å². The Kier molecular flexibility index (Phi) is 3.82. The third kappa shape index (κ3) is 2.91. The fourth-order valence-corrected chi connectivity index (χ4v) is 1.45. The number of nitrogens with two attached hydrogens (primary N) is 1. The van der Waals surface area contributed by atoms with Crippen molar-refractivity contribution >= 4 is 34.2 Å². The number of carbonyl (C=O) groups is 1. The highest BCUT2D eigenvalue weighted by Gasteiger charge is 2.09. The Hall–Kier alpha value is -0.690. The molecule has 3 N–H and O–H groups in total. The Morgan fingerprint density at radius 2 is 2.29 bits per heavy atom. The number of hydrogen-bond acceptors (Lipinski definition) is 2. The van der Waals surface area contributed by atoms with Crippen LogP contribution in [0.4, 0.5) is 10.1 Å². The molecule has 0 saturated heterocycles. The highest BCUT2D eigenvalue weighted by molar-refractivity contribution is 14.1. The largest absolute Gasteiger partial charge is 0.324 e. The Labute approximate surface area is 95.0 Å². The van der Waals surface area contributed by atoms with E-state index >= 15 is 0 Å². The number of carbonyl (C=O) groups excluding carboxylic acids is 1. The van der Waals surface area contributed by atoms with Gasteiger partial charge >= 0.3 is 0 Å². The number of benzene rings is 1. The highest BCUT2D eigenvalue weighted by Crippen LogP contribution is 2.18. The lowest BCUT2D eigenvalue weighted by Gasteiger charge is -2.09.